The summed E-state index contributed by atoms with van der Waals surface area (Å²) in [5.74, 6) is -0.378. The molecule has 2 amide bonds. The van der Waals surface area contributed by atoms with Crippen LogP contribution in [0, 0.1) is 25.7 Å². The van der Waals surface area contributed by atoms with Crippen LogP contribution in [0.25, 0.3) is 0 Å². The van der Waals surface area contributed by atoms with Crippen LogP contribution in [0.1, 0.15) is 30.9 Å². The summed E-state index contributed by atoms with van der Waals surface area (Å²) in [5.41, 5.74) is 4.09. The van der Waals surface area contributed by atoms with Gasteiger partial charge in [-0.1, -0.05) is 23.8 Å². The number of aryl methyl sites for hydroxylation is 1. The number of carbonyl (C=O) groups excluding carboxylic acids is 2. The minimum absolute atomic E-state index is 0.0267. The van der Waals surface area contributed by atoms with Gasteiger partial charge in [0.25, 0.3) is 0 Å². The van der Waals surface area contributed by atoms with E-state index in [2.05, 4.69) is 6.08 Å². The Hall–Kier alpha value is -1.90. The molecule has 3 heteroatoms. The minimum Gasteiger partial charge on any atom is -0.274 e. The van der Waals surface area contributed by atoms with E-state index >= 15 is 0 Å². The van der Waals surface area contributed by atoms with Gasteiger partial charge in [-0.25, -0.2) is 4.90 Å². The van der Waals surface area contributed by atoms with Crippen LogP contribution >= 0.6 is 0 Å². The summed E-state index contributed by atoms with van der Waals surface area (Å²) in [4.78, 5) is 26.7. The van der Waals surface area contributed by atoms with Crippen molar-refractivity contribution in [2.24, 2.45) is 11.8 Å². The normalized spacial score (nSPS) is 25.8. The highest BCUT2D eigenvalue weighted by Gasteiger charge is 2.48. The van der Waals surface area contributed by atoms with Gasteiger partial charge < -0.3 is 0 Å². The van der Waals surface area contributed by atoms with Crippen molar-refractivity contribution >= 4 is 17.5 Å². The summed E-state index contributed by atoms with van der Waals surface area (Å²) in [5, 5.41) is 0. The third-order valence-corrected chi connectivity index (χ3v) is 4.64. The molecule has 104 valence electrons. The Labute approximate surface area is 119 Å². The first-order valence-electron chi connectivity index (χ1n) is 7.10. The molecule has 1 fully saturated rings. The highest BCUT2D eigenvalue weighted by molar-refractivity contribution is 6.22. The van der Waals surface area contributed by atoms with Gasteiger partial charge in [0.1, 0.15) is 0 Å². The predicted octanol–water partition coefficient (Wildman–Crippen LogP) is 3.15. The van der Waals surface area contributed by atoms with Crippen molar-refractivity contribution in [1.82, 2.24) is 0 Å². The van der Waals surface area contributed by atoms with Gasteiger partial charge in [-0.3, -0.25) is 9.59 Å². The molecule has 0 bridgehead atoms. The number of benzene rings is 1. The molecular formula is C17H19NO2. The fourth-order valence-corrected chi connectivity index (χ4v) is 3.25. The SMILES string of the molecule is CC1=CCC2C(=O)N(c3cccc(C)c3C)C(=O)C2C1. The maximum atomic E-state index is 12.6. The summed E-state index contributed by atoms with van der Waals surface area (Å²) >= 11 is 0. The van der Waals surface area contributed by atoms with Crippen LogP contribution in [-0.4, -0.2) is 11.8 Å². The Morgan fingerprint density at radius 1 is 1.05 bits per heavy atom. The van der Waals surface area contributed by atoms with E-state index in [0.29, 0.717) is 6.42 Å². The molecule has 1 aliphatic carbocycles. The monoisotopic (exact) mass is 269 g/mol. The maximum Gasteiger partial charge on any atom is 0.238 e. The van der Waals surface area contributed by atoms with Crippen LogP contribution in [-0.2, 0) is 9.59 Å². The third kappa shape index (κ3) is 1.80. The molecule has 20 heavy (non-hydrogen) atoms. The van der Waals surface area contributed by atoms with Gasteiger partial charge in [0.2, 0.25) is 11.8 Å². The number of hydrogen-bond acceptors (Lipinski definition) is 2. The number of nitrogens with zero attached hydrogens (tertiary/aromatic N) is 1. The van der Waals surface area contributed by atoms with Gasteiger partial charge in [0.15, 0.2) is 0 Å². The molecule has 0 spiro atoms. The van der Waals surface area contributed by atoms with Crippen LogP contribution in [0.2, 0.25) is 0 Å². The van der Waals surface area contributed by atoms with Gasteiger partial charge in [-0.2, -0.15) is 0 Å². The van der Waals surface area contributed by atoms with Crippen molar-refractivity contribution in [2.45, 2.75) is 33.6 Å². The Morgan fingerprint density at radius 3 is 2.50 bits per heavy atom. The largest absolute Gasteiger partial charge is 0.274 e. The Bertz CT molecular complexity index is 630. The lowest BCUT2D eigenvalue weighted by Gasteiger charge is -2.19. The van der Waals surface area contributed by atoms with Crippen molar-refractivity contribution in [2.75, 3.05) is 4.90 Å². The molecule has 2 aliphatic rings. The molecule has 0 aromatic heterocycles. The Kier molecular flexibility index (Phi) is 3.00. The first-order chi connectivity index (χ1) is 9.50. The van der Waals surface area contributed by atoms with E-state index in [1.54, 1.807) is 0 Å². The number of rotatable bonds is 1. The molecule has 1 aromatic carbocycles. The second-order valence-electron chi connectivity index (χ2n) is 5.93. The van der Waals surface area contributed by atoms with Crippen molar-refractivity contribution in [3.05, 3.63) is 41.0 Å². The molecule has 3 nitrogen and oxygen atoms in total. The molecule has 0 N–H and O–H groups in total. The zero-order chi connectivity index (χ0) is 14.4. The van der Waals surface area contributed by atoms with E-state index in [-0.39, 0.29) is 23.7 Å². The molecular weight excluding hydrogens is 250 g/mol. The van der Waals surface area contributed by atoms with E-state index in [1.807, 2.05) is 39.0 Å². The molecule has 0 saturated carbocycles. The summed E-state index contributed by atoms with van der Waals surface area (Å²) in [6.45, 7) is 6.01. The van der Waals surface area contributed by atoms with Crippen molar-refractivity contribution in [1.29, 1.82) is 0 Å². The zero-order valence-electron chi connectivity index (χ0n) is 12.1. The molecule has 1 heterocycles. The lowest BCUT2D eigenvalue weighted by atomic mass is 9.82. The van der Waals surface area contributed by atoms with E-state index in [1.165, 1.54) is 10.5 Å². The number of allylic oxidation sites excluding steroid dienone is 2. The smallest absolute Gasteiger partial charge is 0.238 e. The lowest BCUT2D eigenvalue weighted by Crippen LogP contribution is -2.31. The average Bonchev–Trinajstić information content (AvgIpc) is 2.65. The van der Waals surface area contributed by atoms with Crippen molar-refractivity contribution in [3.63, 3.8) is 0 Å². The fourth-order valence-electron chi connectivity index (χ4n) is 3.25. The quantitative estimate of drug-likeness (QED) is 0.580. The predicted molar refractivity (Wildman–Crippen MR) is 78.4 cm³/mol. The second-order valence-corrected chi connectivity index (χ2v) is 5.93. The van der Waals surface area contributed by atoms with Crippen molar-refractivity contribution in [3.8, 4) is 0 Å². The highest BCUT2D eigenvalue weighted by atomic mass is 16.2. The first kappa shape index (κ1) is 13.1. The minimum atomic E-state index is -0.161. The standard InChI is InChI=1S/C17H19NO2/c1-10-7-8-13-14(9-10)17(20)18(16(13)19)15-6-4-5-11(2)12(15)3/h4-7,13-14H,8-9H2,1-3H3. The van der Waals surface area contributed by atoms with Gasteiger partial charge in [0, 0.05) is 0 Å². The van der Waals surface area contributed by atoms with Crippen LogP contribution in [0.4, 0.5) is 5.69 Å². The average molecular weight is 269 g/mol. The van der Waals surface area contributed by atoms with Crippen LogP contribution < -0.4 is 4.90 Å². The summed E-state index contributed by atoms with van der Waals surface area (Å²) in [7, 11) is 0. The fraction of sp³-hybridized carbons (Fsp3) is 0.412. The molecule has 1 saturated heterocycles. The molecule has 3 rings (SSSR count). The number of hydrogen-bond donors (Lipinski definition) is 0. The van der Waals surface area contributed by atoms with E-state index in [9.17, 15) is 9.59 Å². The first-order valence-corrected chi connectivity index (χ1v) is 7.10. The Morgan fingerprint density at radius 2 is 1.75 bits per heavy atom. The van der Waals surface area contributed by atoms with Gasteiger partial charge in [0.05, 0.1) is 17.5 Å². The van der Waals surface area contributed by atoms with Gasteiger partial charge in [-0.15, -0.1) is 0 Å². The third-order valence-electron chi connectivity index (χ3n) is 4.64. The summed E-state index contributed by atoms with van der Waals surface area (Å²) < 4.78 is 0. The molecule has 1 aliphatic heterocycles. The number of amides is 2. The van der Waals surface area contributed by atoms with Crippen LogP contribution in [0.5, 0.6) is 0 Å². The molecule has 2 unspecified atom stereocenters. The van der Waals surface area contributed by atoms with E-state index in [0.717, 1.165) is 23.2 Å². The second kappa shape index (κ2) is 4.58. The van der Waals surface area contributed by atoms with Crippen LogP contribution in [0.15, 0.2) is 29.8 Å². The van der Waals surface area contributed by atoms with E-state index in [4.69, 9.17) is 0 Å². The highest BCUT2D eigenvalue weighted by Crippen LogP contribution is 2.40. The van der Waals surface area contributed by atoms with Gasteiger partial charge in [-0.05, 0) is 50.8 Å². The summed E-state index contributed by atoms with van der Waals surface area (Å²) in [6, 6.07) is 5.78. The zero-order valence-corrected chi connectivity index (χ0v) is 12.1. The number of imide groups is 1. The van der Waals surface area contributed by atoms with Gasteiger partial charge >= 0.3 is 0 Å². The lowest BCUT2D eigenvalue weighted by molar-refractivity contribution is -0.122. The Balaban J connectivity index is 2.02. The number of carbonyl (C=O) groups is 2. The number of fused-ring (bicyclic) bond motifs is 1. The molecule has 2 atom stereocenters. The topological polar surface area (TPSA) is 37.4 Å². The van der Waals surface area contributed by atoms with Crippen molar-refractivity contribution < 1.29 is 9.59 Å². The molecule has 1 aromatic rings. The molecule has 0 radical (unpaired) electrons. The van der Waals surface area contributed by atoms with E-state index < -0.39 is 0 Å². The number of anilines is 1. The van der Waals surface area contributed by atoms with Crippen LogP contribution in [0.3, 0.4) is 0 Å². The summed E-state index contributed by atoms with van der Waals surface area (Å²) in [6.07, 6.45) is 3.51. The maximum absolute atomic E-state index is 12.6.